The van der Waals surface area contributed by atoms with Gasteiger partial charge in [-0.3, -0.25) is 9.69 Å². The second-order valence-corrected chi connectivity index (χ2v) is 7.55. The second kappa shape index (κ2) is 7.75. The third-order valence-corrected chi connectivity index (χ3v) is 5.62. The van der Waals surface area contributed by atoms with Gasteiger partial charge in [0.05, 0.1) is 26.0 Å². The molecule has 6 nitrogen and oxygen atoms in total. The van der Waals surface area contributed by atoms with Crippen molar-refractivity contribution in [1.82, 2.24) is 9.88 Å². The van der Waals surface area contributed by atoms with Gasteiger partial charge in [-0.15, -0.1) is 0 Å². The minimum absolute atomic E-state index is 0.0202. The summed E-state index contributed by atoms with van der Waals surface area (Å²) in [6.07, 6.45) is 2.96. The minimum atomic E-state index is -0.383. The van der Waals surface area contributed by atoms with Crippen molar-refractivity contribution in [3.8, 4) is 17.2 Å². The summed E-state index contributed by atoms with van der Waals surface area (Å²) in [7, 11) is 1.54. The molecule has 0 bridgehead atoms. The average Bonchev–Trinajstić information content (AvgIpc) is 3.21. The molecule has 1 aromatic carbocycles. The molecule has 1 saturated heterocycles. The zero-order valence-corrected chi connectivity index (χ0v) is 15.7. The van der Waals surface area contributed by atoms with Crippen LogP contribution in [-0.2, 0) is 0 Å². The first-order chi connectivity index (χ1) is 13.5. The largest absolute Gasteiger partial charge is 0.506 e. The number of fused-ring (bicyclic) bond motifs is 1. The van der Waals surface area contributed by atoms with E-state index >= 15 is 0 Å². The third kappa shape index (κ3) is 3.94. The highest BCUT2D eigenvalue weighted by Gasteiger charge is 2.42. The van der Waals surface area contributed by atoms with Crippen molar-refractivity contribution in [1.29, 1.82) is 0 Å². The average molecular weight is 386 g/mol. The van der Waals surface area contributed by atoms with E-state index in [4.69, 9.17) is 9.47 Å². The van der Waals surface area contributed by atoms with Gasteiger partial charge < -0.3 is 14.6 Å². The zero-order chi connectivity index (χ0) is 19.7. The smallest absolute Gasteiger partial charge is 0.195 e. The Hall–Kier alpha value is -2.67. The summed E-state index contributed by atoms with van der Waals surface area (Å²) in [5, 5.41) is 9.28. The van der Waals surface area contributed by atoms with Crippen LogP contribution in [0.2, 0.25) is 0 Å². The molecule has 2 aliphatic rings. The molecule has 0 amide bonds. The van der Waals surface area contributed by atoms with Gasteiger partial charge in [-0.1, -0.05) is 0 Å². The van der Waals surface area contributed by atoms with Crippen LogP contribution >= 0.6 is 0 Å². The van der Waals surface area contributed by atoms with Crippen LogP contribution < -0.4 is 9.47 Å². The van der Waals surface area contributed by atoms with E-state index in [0.29, 0.717) is 29.8 Å². The number of halogens is 1. The Balaban J connectivity index is 1.31. The fourth-order valence-corrected chi connectivity index (χ4v) is 4.28. The minimum Gasteiger partial charge on any atom is -0.506 e. The fourth-order valence-electron chi connectivity index (χ4n) is 4.28. The summed E-state index contributed by atoms with van der Waals surface area (Å²) in [6.45, 7) is 1.98. The molecule has 0 unspecified atom stereocenters. The van der Waals surface area contributed by atoms with Crippen molar-refractivity contribution in [2.24, 2.45) is 11.8 Å². The summed E-state index contributed by atoms with van der Waals surface area (Å²) in [5.74, 6) is 1.30. The number of methoxy groups -OCH3 is 1. The molecule has 2 heterocycles. The van der Waals surface area contributed by atoms with Crippen molar-refractivity contribution >= 4 is 5.78 Å². The number of likely N-dealkylation sites (tertiary alicyclic amines) is 1. The molecule has 0 radical (unpaired) electrons. The Morgan fingerprint density at radius 2 is 2.00 bits per heavy atom. The van der Waals surface area contributed by atoms with E-state index in [9.17, 15) is 14.3 Å². The monoisotopic (exact) mass is 386 g/mol. The number of ketones is 1. The second-order valence-electron chi connectivity index (χ2n) is 7.55. The van der Waals surface area contributed by atoms with Crippen LogP contribution in [0, 0.1) is 17.7 Å². The lowest BCUT2D eigenvalue weighted by atomic mass is 10.0. The van der Waals surface area contributed by atoms with Gasteiger partial charge in [0, 0.05) is 19.2 Å². The molecular formula is C21H23FN2O4. The van der Waals surface area contributed by atoms with E-state index in [1.165, 1.54) is 18.3 Å². The van der Waals surface area contributed by atoms with Crippen LogP contribution in [0.25, 0.3) is 0 Å². The number of hydrogen-bond donors (Lipinski definition) is 1. The maximum absolute atomic E-state index is 14.0. The zero-order valence-electron chi connectivity index (χ0n) is 15.7. The van der Waals surface area contributed by atoms with Crippen LogP contribution in [0.3, 0.4) is 0 Å². The standard InChI is InChI=1S/C21H23FN2O4/c1-27-16-3-4-18(22)21(8-16)28-17-6-13-10-24(11-14(13)7-17)12-20(26)19-5-2-15(25)9-23-19/h2-5,8-9,13-14,17,25H,6-7,10-12H2,1H3/t13-,14+,17+. The number of rotatable bonds is 6. The van der Waals surface area contributed by atoms with Gasteiger partial charge in [-0.2, -0.15) is 0 Å². The Bertz CT molecular complexity index is 844. The summed E-state index contributed by atoms with van der Waals surface area (Å²) in [5.41, 5.74) is 0.365. The van der Waals surface area contributed by atoms with Crippen LogP contribution in [0.4, 0.5) is 4.39 Å². The molecule has 4 rings (SSSR count). The molecular weight excluding hydrogens is 363 g/mol. The number of benzene rings is 1. The van der Waals surface area contributed by atoms with Gasteiger partial charge in [0.15, 0.2) is 17.3 Å². The van der Waals surface area contributed by atoms with Crippen molar-refractivity contribution in [2.75, 3.05) is 26.7 Å². The fraction of sp³-hybridized carbons (Fsp3) is 0.429. The number of ether oxygens (including phenoxy) is 2. The summed E-state index contributed by atoms with van der Waals surface area (Å²) >= 11 is 0. The molecule has 1 N–H and O–H groups in total. The molecule has 2 fully saturated rings. The maximum atomic E-state index is 14.0. The lowest BCUT2D eigenvalue weighted by Crippen LogP contribution is -2.30. The number of aromatic nitrogens is 1. The predicted molar refractivity (Wildman–Crippen MR) is 100 cm³/mol. The van der Waals surface area contributed by atoms with E-state index < -0.39 is 0 Å². The number of aromatic hydroxyl groups is 1. The first-order valence-corrected chi connectivity index (χ1v) is 9.42. The van der Waals surface area contributed by atoms with Crippen molar-refractivity contribution in [2.45, 2.75) is 18.9 Å². The normalized spacial score (nSPS) is 24.1. The number of carbonyl (C=O) groups excluding carboxylic acids is 1. The first-order valence-electron chi connectivity index (χ1n) is 9.42. The van der Waals surface area contributed by atoms with Gasteiger partial charge in [-0.25, -0.2) is 9.37 Å². The van der Waals surface area contributed by atoms with Crippen LogP contribution in [-0.4, -0.2) is 53.6 Å². The number of Topliss-reactive ketones (excluding diaryl/α,β-unsaturated/α-hetero) is 1. The van der Waals surface area contributed by atoms with Crippen LogP contribution in [0.5, 0.6) is 17.2 Å². The van der Waals surface area contributed by atoms with E-state index in [1.54, 1.807) is 25.3 Å². The van der Waals surface area contributed by atoms with Gasteiger partial charge >= 0.3 is 0 Å². The third-order valence-electron chi connectivity index (χ3n) is 5.62. The molecule has 3 atom stereocenters. The molecule has 1 aromatic heterocycles. The first kappa shape index (κ1) is 18.7. The number of nitrogens with zero attached hydrogens (tertiary/aromatic N) is 2. The van der Waals surface area contributed by atoms with E-state index in [1.807, 2.05) is 0 Å². The van der Waals surface area contributed by atoms with Crippen LogP contribution in [0.15, 0.2) is 36.5 Å². The summed E-state index contributed by atoms with van der Waals surface area (Å²) in [4.78, 5) is 18.5. The quantitative estimate of drug-likeness (QED) is 0.770. The highest BCUT2D eigenvalue weighted by molar-refractivity contribution is 5.95. The SMILES string of the molecule is COc1ccc(F)c(O[C@H]2C[C@@H]3CN(CC(=O)c4ccc(O)cn4)C[C@@H]3C2)c1. The van der Waals surface area contributed by atoms with E-state index in [-0.39, 0.29) is 29.2 Å². The Morgan fingerprint density at radius 1 is 1.25 bits per heavy atom. The Kier molecular flexibility index (Phi) is 5.17. The molecule has 1 aliphatic heterocycles. The van der Waals surface area contributed by atoms with E-state index in [2.05, 4.69) is 9.88 Å². The Morgan fingerprint density at radius 3 is 2.64 bits per heavy atom. The number of carbonyl (C=O) groups is 1. The van der Waals surface area contributed by atoms with Gasteiger partial charge in [0.2, 0.25) is 0 Å². The molecule has 1 saturated carbocycles. The number of hydrogen-bond acceptors (Lipinski definition) is 6. The number of pyridine rings is 1. The highest BCUT2D eigenvalue weighted by Crippen LogP contribution is 2.40. The molecule has 1 aliphatic carbocycles. The molecule has 2 aromatic rings. The van der Waals surface area contributed by atoms with Crippen LogP contribution in [0.1, 0.15) is 23.3 Å². The van der Waals surface area contributed by atoms with E-state index in [0.717, 1.165) is 25.9 Å². The van der Waals surface area contributed by atoms with Gasteiger partial charge in [-0.05, 0) is 48.9 Å². The van der Waals surface area contributed by atoms with Gasteiger partial charge in [0.25, 0.3) is 0 Å². The molecule has 28 heavy (non-hydrogen) atoms. The van der Waals surface area contributed by atoms with Crippen molar-refractivity contribution < 1.29 is 23.8 Å². The van der Waals surface area contributed by atoms with Crippen molar-refractivity contribution in [3.05, 3.63) is 48.0 Å². The lowest BCUT2D eigenvalue weighted by molar-refractivity contribution is 0.0931. The molecule has 148 valence electrons. The summed E-state index contributed by atoms with van der Waals surface area (Å²) in [6, 6.07) is 7.52. The summed E-state index contributed by atoms with van der Waals surface area (Å²) < 4.78 is 25.0. The Labute approximate surface area is 162 Å². The van der Waals surface area contributed by atoms with Crippen molar-refractivity contribution in [3.63, 3.8) is 0 Å². The lowest BCUT2D eigenvalue weighted by Gasteiger charge is -2.19. The molecule has 0 spiro atoms. The topological polar surface area (TPSA) is 71.9 Å². The maximum Gasteiger partial charge on any atom is 0.195 e. The van der Waals surface area contributed by atoms with Gasteiger partial charge in [0.1, 0.15) is 17.2 Å². The highest BCUT2D eigenvalue weighted by atomic mass is 19.1. The predicted octanol–water partition coefficient (Wildman–Crippen LogP) is 2.91. The molecule has 7 heteroatoms.